The minimum Gasteiger partial charge on any atom is -0.465 e. The van der Waals surface area contributed by atoms with Gasteiger partial charge in [0.2, 0.25) is 0 Å². The Morgan fingerprint density at radius 2 is 1.89 bits per heavy atom. The van der Waals surface area contributed by atoms with Crippen LogP contribution >= 0.6 is 0 Å². The maximum absolute atomic E-state index is 11.6. The Labute approximate surface area is 118 Å². The van der Waals surface area contributed by atoms with Crippen LogP contribution in [-0.2, 0) is 9.53 Å². The zero-order chi connectivity index (χ0) is 14.6. The summed E-state index contributed by atoms with van der Waals surface area (Å²) in [4.78, 5) is 11.6. The molecule has 2 atom stereocenters. The van der Waals surface area contributed by atoms with Crippen molar-refractivity contribution in [1.82, 2.24) is 0 Å². The molecule has 1 saturated carbocycles. The highest BCUT2D eigenvalue weighted by molar-refractivity contribution is 5.74. The first kappa shape index (κ1) is 16.3. The summed E-state index contributed by atoms with van der Waals surface area (Å²) in [5.74, 6) is 1.34. The fourth-order valence-corrected chi connectivity index (χ4v) is 2.22. The Kier molecular flexibility index (Phi) is 5.64. The van der Waals surface area contributed by atoms with Crippen molar-refractivity contribution in [2.75, 3.05) is 6.61 Å². The van der Waals surface area contributed by atoms with Crippen molar-refractivity contribution in [3.63, 3.8) is 0 Å². The van der Waals surface area contributed by atoms with Gasteiger partial charge in [-0.3, -0.25) is 4.79 Å². The highest BCUT2D eigenvalue weighted by Crippen LogP contribution is 2.36. The molecule has 1 aliphatic rings. The maximum atomic E-state index is 11.6. The van der Waals surface area contributed by atoms with Crippen LogP contribution in [0.15, 0.2) is 11.6 Å². The molecule has 0 saturated heterocycles. The largest absolute Gasteiger partial charge is 0.465 e. The van der Waals surface area contributed by atoms with Crippen LogP contribution in [0.25, 0.3) is 0 Å². The van der Waals surface area contributed by atoms with Gasteiger partial charge in [0.1, 0.15) is 0 Å². The van der Waals surface area contributed by atoms with Gasteiger partial charge in [-0.05, 0) is 44.9 Å². The topological polar surface area (TPSA) is 26.3 Å². The van der Waals surface area contributed by atoms with Gasteiger partial charge >= 0.3 is 5.97 Å². The lowest BCUT2D eigenvalue weighted by atomic mass is 9.73. The second-order valence-electron chi connectivity index (χ2n) is 7.15. The molecule has 2 heteroatoms. The smallest absolute Gasteiger partial charge is 0.308 e. The first-order chi connectivity index (χ1) is 8.74. The molecular formula is C17H30O2. The molecule has 0 aromatic heterocycles. The number of ether oxygens (including phenoxy) is 1. The van der Waals surface area contributed by atoms with Crippen molar-refractivity contribution in [3.8, 4) is 0 Å². The van der Waals surface area contributed by atoms with E-state index in [1.54, 1.807) is 0 Å². The molecule has 1 rings (SSSR count). The van der Waals surface area contributed by atoms with Crippen molar-refractivity contribution in [3.05, 3.63) is 11.6 Å². The predicted octanol–water partition coefficient (Wildman–Crippen LogP) is 4.59. The number of esters is 1. The van der Waals surface area contributed by atoms with Gasteiger partial charge in [0.25, 0.3) is 0 Å². The summed E-state index contributed by atoms with van der Waals surface area (Å²) in [6, 6.07) is 0. The van der Waals surface area contributed by atoms with Gasteiger partial charge in [0.15, 0.2) is 0 Å². The fraction of sp³-hybridized carbons (Fsp3) is 0.824. The van der Waals surface area contributed by atoms with Crippen molar-refractivity contribution in [1.29, 1.82) is 0 Å². The minimum atomic E-state index is 0.0113. The normalized spacial score (nSPS) is 18.6. The molecule has 0 amide bonds. The Hall–Kier alpha value is -0.790. The summed E-state index contributed by atoms with van der Waals surface area (Å²) in [6.07, 6.45) is 5.44. The third kappa shape index (κ3) is 5.38. The van der Waals surface area contributed by atoms with E-state index in [-0.39, 0.29) is 17.3 Å². The monoisotopic (exact) mass is 266 g/mol. The van der Waals surface area contributed by atoms with E-state index >= 15 is 0 Å². The van der Waals surface area contributed by atoms with Crippen LogP contribution in [0, 0.1) is 23.2 Å². The molecule has 0 unspecified atom stereocenters. The first-order valence-electron chi connectivity index (χ1n) is 7.54. The molecule has 1 fully saturated rings. The molecular weight excluding hydrogens is 236 g/mol. The lowest BCUT2D eigenvalue weighted by Gasteiger charge is -2.35. The quantitative estimate of drug-likeness (QED) is 0.497. The molecule has 0 radical (unpaired) electrons. The summed E-state index contributed by atoms with van der Waals surface area (Å²) < 4.78 is 5.47. The van der Waals surface area contributed by atoms with Gasteiger partial charge in [0.05, 0.1) is 12.5 Å². The van der Waals surface area contributed by atoms with E-state index in [4.69, 9.17) is 4.74 Å². The van der Waals surface area contributed by atoms with Crippen molar-refractivity contribution in [2.24, 2.45) is 23.2 Å². The van der Waals surface area contributed by atoms with E-state index in [2.05, 4.69) is 47.6 Å². The van der Waals surface area contributed by atoms with E-state index in [0.29, 0.717) is 18.4 Å². The Morgan fingerprint density at radius 3 is 2.37 bits per heavy atom. The Balaban J connectivity index is 2.44. The summed E-state index contributed by atoms with van der Waals surface area (Å²) in [5, 5.41) is 0. The summed E-state index contributed by atoms with van der Waals surface area (Å²) in [7, 11) is 0. The number of rotatable bonds is 7. The molecule has 0 N–H and O–H groups in total. The SMILES string of the molecule is CC(C)=CC[C@@H](C)[C@H](C)C(C)(C)COC(=O)C1CC1. The third-order valence-electron chi connectivity index (χ3n) is 4.48. The zero-order valence-electron chi connectivity index (χ0n) is 13.5. The number of allylic oxidation sites excluding steroid dienone is 2. The molecule has 0 heterocycles. The molecule has 2 nitrogen and oxygen atoms in total. The highest BCUT2D eigenvalue weighted by Gasteiger charge is 2.35. The highest BCUT2D eigenvalue weighted by atomic mass is 16.5. The van der Waals surface area contributed by atoms with Gasteiger partial charge < -0.3 is 4.74 Å². The van der Waals surface area contributed by atoms with Crippen LogP contribution in [0.2, 0.25) is 0 Å². The summed E-state index contributed by atoms with van der Waals surface area (Å²) in [6.45, 7) is 13.8. The van der Waals surface area contributed by atoms with E-state index in [1.807, 2.05) is 0 Å². The number of carbonyl (C=O) groups is 1. The first-order valence-corrected chi connectivity index (χ1v) is 7.54. The minimum absolute atomic E-state index is 0.0113. The van der Waals surface area contributed by atoms with Crippen LogP contribution in [-0.4, -0.2) is 12.6 Å². The number of hydrogen-bond donors (Lipinski definition) is 0. The second-order valence-corrected chi connectivity index (χ2v) is 7.15. The third-order valence-corrected chi connectivity index (χ3v) is 4.48. The van der Waals surface area contributed by atoms with E-state index in [1.165, 1.54) is 5.57 Å². The second kappa shape index (κ2) is 6.58. The number of hydrogen-bond acceptors (Lipinski definition) is 2. The average Bonchev–Trinajstić information content (AvgIpc) is 3.16. The van der Waals surface area contributed by atoms with E-state index < -0.39 is 0 Å². The van der Waals surface area contributed by atoms with Crippen LogP contribution in [0.4, 0.5) is 0 Å². The van der Waals surface area contributed by atoms with Crippen LogP contribution in [0.5, 0.6) is 0 Å². The molecule has 19 heavy (non-hydrogen) atoms. The maximum Gasteiger partial charge on any atom is 0.308 e. The number of carbonyl (C=O) groups excluding carboxylic acids is 1. The molecule has 110 valence electrons. The molecule has 0 aromatic carbocycles. The van der Waals surface area contributed by atoms with Crippen LogP contribution in [0.3, 0.4) is 0 Å². The molecule has 0 spiro atoms. The van der Waals surface area contributed by atoms with Gasteiger partial charge in [-0.1, -0.05) is 39.3 Å². The van der Waals surface area contributed by atoms with Gasteiger partial charge in [-0.25, -0.2) is 0 Å². The molecule has 1 aliphatic carbocycles. The van der Waals surface area contributed by atoms with Crippen LogP contribution in [0.1, 0.15) is 60.8 Å². The van der Waals surface area contributed by atoms with E-state index in [9.17, 15) is 4.79 Å². The van der Waals surface area contributed by atoms with Gasteiger partial charge in [-0.2, -0.15) is 0 Å². The van der Waals surface area contributed by atoms with Crippen LogP contribution < -0.4 is 0 Å². The predicted molar refractivity (Wildman–Crippen MR) is 79.8 cm³/mol. The van der Waals surface area contributed by atoms with E-state index in [0.717, 1.165) is 19.3 Å². The van der Waals surface area contributed by atoms with Gasteiger partial charge in [0, 0.05) is 5.41 Å². The standard InChI is InChI=1S/C17H30O2/c1-12(2)7-8-13(3)14(4)17(5,6)11-19-16(18)15-9-10-15/h7,13-15H,8-11H2,1-6H3/t13-,14+/m1/s1. The fourth-order valence-electron chi connectivity index (χ4n) is 2.22. The lowest BCUT2D eigenvalue weighted by molar-refractivity contribution is -0.149. The average molecular weight is 266 g/mol. The van der Waals surface area contributed by atoms with Crippen molar-refractivity contribution in [2.45, 2.75) is 60.8 Å². The molecule has 0 aromatic rings. The zero-order valence-corrected chi connectivity index (χ0v) is 13.5. The molecule has 0 aliphatic heterocycles. The van der Waals surface area contributed by atoms with Crippen molar-refractivity contribution < 1.29 is 9.53 Å². The summed E-state index contributed by atoms with van der Waals surface area (Å²) >= 11 is 0. The Bertz CT molecular complexity index is 333. The Morgan fingerprint density at radius 1 is 1.32 bits per heavy atom. The molecule has 0 bridgehead atoms. The van der Waals surface area contributed by atoms with Crippen molar-refractivity contribution >= 4 is 5.97 Å². The van der Waals surface area contributed by atoms with Gasteiger partial charge in [-0.15, -0.1) is 0 Å². The lowest BCUT2D eigenvalue weighted by Crippen LogP contribution is -2.32. The summed E-state index contributed by atoms with van der Waals surface area (Å²) in [5.41, 5.74) is 1.41.